The maximum atomic E-state index is 12.4. The van der Waals surface area contributed by atoms with Crippen LogP contribution in [0.15, 0.2) is 64.9 Å². The van der Waals surface area contributed by atoms with Crippen molar-refractivity contribution < 1.29 is 28.9 Å². The zero-order valence-corrected chi connectivity index (χ0v) is 26.2. The number of allylic oxidation sites excluding steroid dienone is 1. The Labute approximate surface area is 258 Å². The van der Waals surface area contributed by atoms with Crippen molar-refractivity contribution in [3.05, 3.63) is 85.9 Å². The number of hydrogen-bond acceptors (Lipinski definition) is 8. The van der Waals surface area contributed by atoms with Gasteiger partial charge in [0.25, 0.3) is 0 Å². The summed E-state index contributed by atoms with van der Waals surface area (Å²) in [4.78, 5) is 24.6. The molecule has 0 saturated carbocycles. The van der Waals surface area contributed by atoms with E-state index in [1.165, 1.54) is 7.11 Å². The molecule has 4 N–H and O–H groups in total. The minimum absolute atomic E-state index is 0.116. The third-order valence-electron chi connectivity index (χ3n) is 6.64. The zero-order chi connectivity index (χ0) is 30.4. The van der Waals surface area contributed by atoms with E-state index in [4.69, 9.17) is 14.2 Å². The molecule has 2 heterocycles. The number of esters is 1. The quantitative estimate of drug-likeness (QED) is 0.0780. The van der Waals surface area contributed by atoms with Crippen LogP contribution in [-0.2, 0) is 9.53 Å². The van der Waals surface area contributed by atoms with Crippen molar-refractivity contribution in [2.24, 2.45) is 5.10 Å². The molecule has 0 unspecified atom stereocenters. The van der Waals surface area contributed by atoms with E-state index >= 15 is 0 Å². The molecular weight excluding hydrogens is 653 g/mol. The van der Waals surface area contributed by atoms with Gasteiger partial charge in [0.2, 0.25) is 0 Å². The second kappa shape index (κ2) is 13.7. The molecule has 0 fully saturated rings. The number of halogens is 1. The average Bonchev–Trinajstić information content (AvgIpc) is 3.24. The smallest absolute Gasteiger partial charge is 0.337 e. The summed E-state index contributed by atoms with van der Waals surface area (Å²) in [5.74, 6) is 0.213. The lowest BCUT2D eigenvalue weighted by Crippen LogP contribution is -2.45. The van der Waals surface area contributed by atoms with E-state index in [1.54, 1.807) is 31.3 Å². The zero-order valence-electron chi connectivity index (χ0n) is 24.0. The number of rotatable bonds is 11. The van der Waals surface area contributed by atoms with E-state index in [-0.39, 0.29) is 12.2 Å². The second-order valence-electron chi connectivity index (χ2n) is 9.56. The first-order chi connectivity index (χ1) is 20.1. The molecule has 4 rings (SSSR count). The molecule has 3 aromatic rings. The fourth-order valence-electron chi connectivity index (χ4n) is 4.75. The first kappa shape index (κ1) is 30.9. The molecule has 11 nitrogen and oxygen atoms in total. The van der Waals surface area contributed by atoms with Gasteiger partial charge in [-0.3, -0.25) is 5.43 Å². The molecule has 1 aliphatic rings. The number of aromatic nitrogens is 1. The highest BCUT2D eigenvalue weighted by molar-refractivity contribution is 14.1. The van der Waals surface area contributed by atoms with Gasteiger partial charge in [-0.15, -0.1) is 0 Å². The van der Waals surface area contributed by atoms with Crippen LogP contribution in [0.3, 0.4) is 0 Å². The largest absolute Gasteiger partial charge is 0.490 e. The van der Waals surface area contributed by atoms with Gasteiger partial charge in [0.1, 0.15) is 6.61 Å². The van der Waals surface area contributed by atoms with Crippen molar-refractivity contribution in [1.29, 1.82) is 0 Å². The molecule has 0 radical (unpaired) electrons. The lowest BCUT2D eigenvalue weighted by atomic mass is 9.95. The molecule has 0 saturated heterocycles. The fourth-order valence-corrected chi connectivity index (χ4v) is 5.27. The molecule has 0 bridgehead atoms. The first-order valence-electron chi connectivity index (χ1n) is 13.3. The van der Waals surface area contributed by atoms with E-state index in [1.807, 2.05) is 39.0 Å². The van der Waals surface area contributed by atoms with Crippen molar-refractivity contribution in [2.45, 2.75) is 40.0 Å². The number of nitrogens with zero attached hydrogens (tertiary/aromatic N) is 2. The van der Waals surface area contributed by atoms with Gasteiger partial charge in [-0.1, -0.05) is 12.1 Å². The highest BCUT2D eigenvalue weighted by atomic mass is 127. The van der Waals surface area contributed by atoms with Crippen molar-refractivity contribution >= 4 is 40.8 Å². The lowest BCUT2D eigenvalue weighted by Gasteiger charge is -2.28. The number of hydrazone groups is 1. The Kier molecular flexibility index (Phi) is 10.1. The number of benzene rings is 2. The molecule has 0 spiro atoms. The summed E-state index contributed by atoms with van der Waals surface area (Å²) < 4.78 is 19.8. The van der Waals surface area contributed by atoms with Gasteiger partial charge in [-0.05, 0) is 92.2 Å². The maximum absolute atomic E-state index is 12.4. The van der Waals surface area contributed by atoms with Crippen molar-refractivity contribution in [2.75, 3.05) is 20.3 Å². The monoisotopic (exact) mass is 687 g/mol. The molecule has 2 aromatic carbocycles. The molecule has 222 valence electrons. The number of methoxy groups -OCH3 is 1. The van der Waals surface area contributed by atoms with Crippen LogP contribution in [0.5, 0.6) is 11.5 Å². The highest BCUT2D eigenvalue weighted by Crippen LogP contribution is 2.35. The molecule has 2 amide bonds. The van der Waals surface area contributed by atoms with Crippen molar-refractivity contribution in [3.8, 4) is 17.2 Å². The molecule has 42 heavy (non-hydrogen) atoms. The normalized spacial score (nSPS) is 15.7. The van der Waals surface area contributed by atoms with Crippen LogP contribution in [0.25, 0.3) is 5.69 Å². The Morgan fingerprint density at radius 3 is 2.67 bits per heavy atom. The van der Waals surface area contributed by atoms with Crippen LogP contribution in [0.1, 0.15) is 42.4 Å². The van der Waals surface area contributed by atoms with E-state index in [9.17, 15) is 14.7 Å². The first-order valence-corrected chi connectivity index (χ1v) is 14.4. The molecule has 0 aliphatic carbocycles. The van der Waals surface area contributed by atoms with Crippen LogP contribution in [0.2, 0.25) is 0 Å². The van der Waals surface area contributed by atoms with Gasteiger partial charge >= 0.3 is 12.0 Å². The number of ether oxygens (including phenoxy) is 3. The molecule has 2 atom stereocenters. The van der Waals surface area contributed by atoms with Crippen LogP contribution in [0, 0.1) is 17.4 Å². The Morgan fingerprint density at radius 1 is 1.17 bits per heavy atom. The Balaban J connectivity index is 1.43. The predicted molar refractivity (Wildman–Crippen MR) is 167 cm³/mol. The van der Waals surface area contributed by atoms with Gasteiger partial charge in [0.15, 0.2) is 17.7 Å². The van der Waals surface area contributed by atoms with Gasteiger partial charge in [0, 0.05) is 31.9 Å². The third kappa shape index (κ3) is 7.05. The summed E-state index contributed by atoms with van der Waals surface area (Å²) in [5.41, 5.74) is 8.07. The summed E-state index contributed by atoms with van der Waals surface area (Å²) in [6, 6.07) is 14.2. The van der Waals surface area contributed by atoms with Gasteiger partial charge in [-0.2, -0.15) is 5.10 Å². The topological polar surface area (TPSA) is 135 Å². The number of nitrogens with one attached hydrogen (secondary N) is 3. The SMILES string of the molecule is CCOc1cc([C@@H]2NC(=O)NC(C)=C2C(=O)OC)ccc1OC[C@@H](O)N/N=C\c1cc(C)n(-c2cccc(I)c2)c1C. The number of amides is 2. The molecular formula is C30H34IN5O6. The van der Waals surface area contributed by atoms with Crippen LogP contribution in [0.4, 0.5) is 4.79 Å². The summed E-state index contributed by atoms with van der Waals surface area (Å²) in [5, 5.41) is 20.0. The number of aryl methyl sites for hydroxylation is 1. The average molecular weight is 688 g/mol. The van der Waals surface area contributed by atoms with Crippen LogP contribution < -0.4 is 25.5 Å². The summed E-state index contributed by atoms with van der Waals surface area (Å²) in [6.07, 6.45) is 0.563. The second-order valence-corrected chi connectivity index (χ2v) is 10.8. The molecule has 12 heteroatoms. The van der Waals surface area contributed by atoms with Crippen LogP contribution >= 0.6 is 22.6 Å². The molecule has 1 aliphatic heterocycles. The fraction of sp³-hybridized carbons (Fsp3) is 0.300. The summed E-state index contributed by atoms with van der Waals surface area (Å²) in [7, 11) is 1.28. The van der Waals surface area contributed by atoms with E-state index in [0.717, 1.165) is 26.2 Å². The third-order valence-corrected chi connectivity index (χ3v) is 7.31. The summed E-state index contributed by atoms with van der Waals surface area (Å²) >= 11 is 2.30. The van der Waals surface area contributed by atoms with Crippen LogP contribution in [-0.4, -0.2) is 54.4 Å². The van der Waals surface area contributed by atoms with E-state index < -0.39 is 24.3 Å². The van der Waals surface area contributed by atoms with E-state index in [2.05, 4.69) is 60.5 Å². The van der Waals surface area contributed by atoms with Gasteiger partial charge in [0.05, 0.1) is 31.5 Å². The van der Waals surface area contributed by atoms with Crippen molar-refractivity contribution in [3.63, 3.8) is 0 Å². The number of urea groups is 1. The van der Waals surface area contributed by atoms with E-state index in [0.29, 0.717) is 29.4 Å². The number of aliphatic hydroxyl groups excluding tert-OH is 1. The molecule has 1 aromatic heterocycles. The highest BCUT2D eigenvalue weighted by Gasteiger charge is 2.32. The Bertz CT molecular complexity index is 1530. The minimum Gasteiger partial charge on any atom is -0.490 e. The van der Waals surface area contributed by atoms with Crippen molar-refractivity contribution in [1.82, 2.24) is 20.6 Å². The minimum atomic E-state index is -1.10. The maximum Gasteiger partial charge on any atom is 0.337 e. The summed E-state index contributed by atoms with van der Waals surface area (Å²) in [6.45, 7) is 7.75. The number of carbonyl (C=O) groups excluding carboxylic acids is 2. The Hall–Kier alpha value is -4.04. The van der Waals surface area contributed by atoms with Gasteiger partial charge < -0.3 is 34.5 Å². The van der Waals surface area contributed by atoms with Gasteiger partial charge in [-0.25, -0.2) is 9.59 Å². The Morgan fingerprint density at radius 2 is 1.95 bits per heavy atom. The standard InChI is InChI=1S/C30H34IN5O6/c1-6-41-25-13-20(28-27(29(38)40-5)18(3)33-30(39)34-28)10-11-24(25)42-16-26(37)35-32-15-21-12-17(2)36(19(21)4)23-9-7-8-22(31)14-23/h7-15,26,28,35,37H,6,16H2,1-5H3,(H2,33,34,39)/b32-15-/t26-,28+/m1/s1. The number of hydrogen-bond donors (Lipinski definition) is 4. The number of aliphatic hydroxyl groups is 1. The predicted octanol–water partition coefficient (Wildman–Crippen LogP) is 4.22. The number of carbonyl (C=O) groups is 2. The lowest BCUT2D eigenvalue weighted by molar-refractivity contribution is -0.136.